The number of rotatable bonds is 9. The van der Waals surface area contributed by atoms with Gasteiger partial charge in [-0.15, -0.1) is 0 Å². The summed E-state index contributed by atoms with van der Waals surface area (Å²) in [7, 11) is 0. The highest BCUT2D eigenvalue weighted by atomic mass is 16.2. The van der Waals surface area contributed by atoms with Crippen LogP contribution < -0.4 is 16.0 Å². The van der Waals surface area contributed by atoms with Crippen molar-refractivity contribution in [2.24, 2.45) is 5.92 Å². The molecule has 1 atom stereocenters. The fourth-order valence-corrected chi connectivity index (χ4v) is 1.60. The Morgan fingerprint density at radius 2 is 1.89 bits per heavy atom. The zero-order valence-electron chi connectivity index (χ0n) is 11.4. The quantitative estimate of drug-likeness (QED) is 0.523. The molecule has 3 N–H and O–H groups in total. The van der Waals surface area contributed by atoms with Crippen molar-refractivity contribution in [2.75, 3.05) is 19.6 Å². The lowest BCUT2D eigenvalue weighted by molar-refractivity contribution is -0.122. The molecule has 1 fully saturated rings. The van der Waals surface area contributed by atoms with Gasteiger partial charge in [-0.3, -0.25) is 9.59 Å². The van der Waals surface area contributed by atoms with Crippen molar-refractivity contribution in [1.82, 2.24) is 16.0 Å². The van der Waals surface area contributed by atoms with Gasteiger partial charge >= 0.3 is 0 Å². The summed E-state index contributed by atoms with van der Waals surface area (Å²) in [6, 6.07) is -0.209. The average Bonchev–Trinajstić information content (AvgIpc) is 3.18. The number of amides is 2. The van der Waals surface area contributed by atoms with Crippen molar-refractivity contribution in [3.05, 3.63) is 0 Å². The van der Waals surface area contributed by atoms with Crippen LogP contribution in [-0.4, -0.2) is 37.5 Å². The Bertz CT molecular complexity index is 277. The second-order valence-corrected chi connectivity index (χ2v) is 4.89. The highest BCUT2D eigenvalue weighted by molar-refractivity contribution is 5.81. The van der Waals surface area contributed by atoms with E-state index >= 15 is 0 Å². The summed E-state index contributed by atoms with van der Waals surface area (Å²) >= 11 is 0. The van der Waals surface area contributed by atoms with Gasteiger partial charge in [-0.05, 0) is 26.2 Å². The van der Waals surface area contributed by atoms with E-state index in [0.717, 1.165) is 32.2 Å². The fraction of sp³-hybridized carbons (Fsp3) is 0.846. The largest absolute Gasteiger partial charge is 0.355 e. The summed E-state index contributed by atoms with van der Waals surface area (Å²) in [6.07, 6.45) is 4.14. The normalized spacial score (nSPS) is 16.1. The topological polar surface area (TPSA) is 70.2 Å². The summed E-state index contributed by atoms with van der Waals surface area (Å²) in [4.78, 5) is 22.9. The first-order valence-corrected chi connectivity index (χ1v) is 6.94. The Hall–Kier alpha value is -1.10. The van der Waals surface area contributed by atoms with Gasteiger partial charge in [-0.25, -0.2) is 0 Å². The Morgan fingerprint density at radius 3 is 2.50 bits per heavy atom. The van der Waals surface area contributed by atoms with Gasteiger partial charge in [-0.1, -0.05) is 13.3 Å². The summed E-state index contributed by atoms with van der Waals surface area (Å²) in [5.74, 6) is 0.425. The summed E-state index contributed by atoms with van der Waals surface area (Å²) in [5, 5.41) is 8.83. The van der Waals surface area contributed by atoms with Crippen molar-refractivity contribution in [3.8, 4) is 0 Å². The smallest absolute Gasteiger partial charge is 0.236 e. The summed E-state index contributed by atoms with van der Waals surface area (Å²) in [6.45, 7) is 5.88. The molecule has 0 bridgehead atoms. The molecule has 0 aromatic carbocycles. The Morgan fingerprint density at radius 1 is 1.17 bits per heavy atom. The first-order chi connectivity index (χ1) is 8.65. The molecular formula is C13H25N3O2. The summed E-state index contributed by atoms with van der Waals surface area (Å²) < 4.78 is 0. The molecule has 2 amide bonds. The van der Waals surface area contributed by atoms with Gasteiger partial charge in [0.15, 0.2) is 0 Å². The third-order valence-corrected chi connectivity index (χ3v) is 3.05. The predicted molar refractivity (Wildman–Crippen MR) is 71.1 cm³/mol. The van der Waals surface area contributed by atoms with Gasteiger partial charge in [-0.2, -0.15) is 0 Å². The monoisotopic (exact) mass is 255 g/mol. The maximum absolute atomic E-state index is 11.6. The number of hydrogen-bond donors (Lipinski definition) is 3. The van der Waals surface area contributed by atoms with Gasteiger partial charge in [0.2, 0.25) is 11.8 Å². The third-order valence-electron chi connectivity index (χ3n) is 3.05. The molecule has 1 aliphatic carbocycles. The van der Waals surface area contributed by atoms with E-state index in [4.69, 9.17) is 0 Å². The number of carbonyl (C=O) groups excluding carboxylic acids is 2. The average molecular weight is 255 g/mol. The van der Waals surface area contributed by atoms with Crippen molar-refractivity contribution in [3.63, 3.8) is 0 Å². The molecule has 5 heteroatoms. The second-order valence-electron chi connectivity index (χ2n) is 4.89. The molecule has 0 saturated heterocycles. The van der Waals surface area contributed by atoms with E-state index in [1.165, 1.54) is 0 Å². The number of carbonyl (C=O) groups is 2. The van der Waals surface area contributed by atoms with E-state index in [-0.39, 0.29) is 23.8 Å². The minimum atomic E-state index is -0.209. The maximum Gasteiger partial charge on any atom is 0.236 e. The third kappa shape index (κ3) is 6.00. The van der Waals surface area contributed by atoms with E-state index in [1.807, 2.05) is 6.92 Å². The van der Waals surface area contributed by atoms with Crippen molar-refractivity contribution < 1.29 is 9.59 Å². The standard InChI is InChI=1S/C13H25N3O2/c1-3-4-7-15-12(17)10(2)14-8-9-16-13(18)11-5-6-11/h10-11,14H,3-9H2,1-2H3,(H,15,17)(H,16,18). The molecule has 0 radical (unpaired) electrons. The van der Waals surface area contributed by atoms with Crippen LogP contribution in [0, 0.1) is 5.92 Å². The van der Waals surface area contributed by atoms with Crippen LogP contribution in [0.25, 0.3) is 0 Å². The first-order valence-electron chi connectivity index (χ1n) is 6.94. The van der Waals surface area contributed by atoms with Crippen LogP contribution in [-0.2, 0) is 9.59 Å². The van der Waals surface area contributed by atoms with Crippen LogP contribution in [0.5, 0.6) is 0 Å². The first kappa shape index (κ1) is 15.0. The van der Waals surface area contributed by atoms with Crippen LogP contribution in [0.15, 0.2) is 0 Å². The van der Waals surface area contributed by atoms with Crippen molar-refractivity contribution >= 4 is 11.8 Å². The maximum atomic E-state index is 11.6. The SMILES string of the molecule is CCCCNC(=O)C(C)NCCNC(=O)C1CC1. The van der Waals surface area contributed by atoms with Crippen LogP contribution >= 0.6 is 0 Å². The van der Waals surface area contributed by atoms with Gasteiger partial charge in [0.1, 0.15) is 0 Å². The van der Waals surface area contributed by atoms with E-state index in [0.29, 0.717) is 13.1 Å². The molecule has 1 aliphatic rings. The van der Waals surface area contributed by atoms with Crippen LogP contribution in [0.2, 0.25) is 0 Å². The van der Waals surface area contributed by atoms with Crippen molar-refractivity contribution in [1.29, 1.82) is 0 Å². The molecule has 0 spiro atoms. The molecule has 104 valence electrons. The Kier molecular flexibility index (Phi) is 6.72. The number of unbranched alkanes of at least 4 members (excludes halogenated alkanes) is 1. The highest BCUT2D eigenvalue weighted by Crippen LogP contribution is 2.28. The lowest BCUT2D eigenvalue weighted by Gasteiger charge is -2.14. The van der Waals surface area contributed by atoms with E-state index in [1.54, 1.807) is 0 Å². The number of nitrogens with one attached hydrogen (secondary N) is 3. The lowest BCUT2D eigenvalue weighted by atomic mass is 10.3. The molecule has 1 rings (SSSR count). The molecule has 0 aromatic rings. The number of hydrogen-bond acceptors (Lipinski definition) is 3. The van der Waals surface area contributed by atoms with E-state index < -0.39 is 0 Å². The molecule has 0 aromatic heterocycles. The minimum Gasteiger partial charge on any atom is -0.355 e. The van der Waals surface area contributed by atoms with E-state index in [9.17, 15) is 9.59 Å². The van der Waals surface area contributed by atoms with Gasteiger partial charge in [0, 0.05) is 25.6 Å². The summed E-state index contributed by atoms with van der Waals surface area (Å²) in [5.41, 5.74) is 0. The predicted octanol–water partition coefficient (Wildman–Crippen LogP) is 0.407. The van der Waals surface area contributed by atoms with Crippen LogP contribution in [0.3, 0.4) is 0 Å². The lowest BCUT2D eigenvalue weighted by Crippen LogP contribution is -2.45. The molecule has 18 heavy (non-hydrogen) atoms. The zero-order valence-corrected chi connectivity index (χ0v) is 11.4. The van der Waals surface area contributed by atoms with Gasteiger partial charge < -0.3 is 16.0 Å². The molecule has 0 heterocycles. The Labute approximate surface area is 109 Å². The second kappa shape index (κ2) is 8.08. The molecular weight excluding hydrogens is 230 g/mol. The Balaban J connectivity index is 1.99. The van der Waals surface area contributed by atoms with Crippen molar-refractivity contribution in [2.45, 2.75) is 45.6 Å². The zero-order chi connectivity index (χ0) is 13.4. The van der Waals surface area contributed by atoms with Gasteiger partial charge in [0.05, 0.1) is 6.04 Å². The molecule has 1 saturated carbocycles. The fourth-order valence-electron chi connectivity index (χ4n) is 1.60. The van der Waals surface area contributed by atoms with E-state index in [2.05, 4.69) is 22.9 Å². The highest BCUT2D eigenvalue weighted by Gasteiger charge is 2.28. The molecule has 1 unspecified atom stereocenters. The minimum absolute atomic E-state index is 0.0250. The van der Waals surface area contributed by atoms with Gasteiger partial charge in [0.25, 0.3) is 0 Å². The van der Waals surface area contributed by atoms with Crippen LogP contribution in [0.1, 0.15) is 39.5 Å². The molecule has 0 aliphatic heterocycles. The molecule has 5 nitrogen and oxygen atoms in total. The van der Waals surface area contributed by atoms with Crippen LogP contribution in [0.4, 0.5) is 0 Å².